The molecule has 1 aromatic carbocycles. The van der Waals surface area contributed by atoms with Crippen molar-refractivity contribution in [2.24, 2.45) is 0 Å². The molecule has 1 aromatic rings. The van der Waals surface area contributed by atoms with Crippen LogP contribution in [0.1, 0.15) is 18.1 Å². The van der Waals surface area contributed by atoms with Crippen LogP contribution in [0.3, 0.4) is 0 Å². The van der Waals surface area contributed by atoms with Gasteiger partial charge in [0.2, 0.25) is 5.91 Å². The van der Waals surface area contributed by atoms with Gasteiger partial charge in [0.05, 0.1) is 6.04 Å². The molecule has 0 aromatic heterocycles. The van der Waals surface area contributed by atoms with Crippen LogP contribution in [0.15, 0.2) is 24.3 Å². The zero-order valence-electron chi connectivity index (χ0n) is 11.8. The smallest absolute Gasteiger partial charge is 0.237 e. The molecule has 19 heavy (non-hydrogen) atoms. The average molecular weight is 261 g/mol. The highest BCUT2D eigenvalue weighted by Crippen LogP contribution is 2.16. The number of hydrogen-bond donors (Lipinski definition) is 2. The van der Waals surface area contributed by atoms with E-state index in [9.17, 15) is 4.79 Å². The molecule has 1 aliphatic heterocycles. The molecule has 0 fully saturated rings. The Kier molecular flexibility index (Phi) is 4.93. The summed E-state index contributed by atoms with van der Waals surface area (Å²) >= 11 is 0. The highest BCUT2D eigenvalue weighted by atomic mass is 16.2. The van der Waals surface area contributed by atoms with E-state index in [4.69, 9.17) is 0 Å². The number of carbonyl (C=O) groups is 1. The van der Waals surface area contributed by atoms with Gasteiger partial charge in [0.1, 0.15) is 0 Å². The van der Waals surface area contributed by atoms with Gasteiger partial charge in [-0.15, -0.1) is 0 Å². The van der Waals surface area contributed by atoms with Crippen LogP contribution in [0.5, 0.6) is 0 Å². The molecule has 0 bridgehead atoms. The molecule has 1 heterocycles. The van der Waals surface area contributed by atoms with E-state index in [1.165, 1.54) is 11.1 Å². The van der Waals surface area contributed by atoms with Gasteiger partial charge in [0, 0.05) is 19.6 Å². The molecule has 4 nitrogen and oxygen atoms in total. The number of likely N-dealkylation sites (N-methyl/N-ethyl adjacent to an activating group) is 1. The number of amides is 1. The van der Waals surface area contributed by atoms with Crippen molar-refractivity contribution in [3.8, 4) is 0 Å². The Hall–Kier alpha value is -1.39. The van der Waals surface area contributed by atoms with Crippen molar-refractivity contribution in [2.75, 3.05) is 26.7 Å². The van der Waals surface area contributed by atoms with Gasteiger partial charge in [-0.3, -0.25) is 4.79 Å². The van der Waals surface area contributed by atoms with E-state index in [0.717, 1.165) is 26.1 Å². The zero-order chi connectivity index (χ0) is 13.7. The lowest BCUT2D eigenvalue weighted by Gasteiger charge is -2.25. The minimum absolute atomic E-state index is 0.0955. The fraction of sp³-hybridized carbons (Fsp3) is 0.533. The van der Waals surface area contributed by atoms with Crippen LogP contribution < -0.4 is 10.6 Å². The van der Waals surface area contributed by atoms with E-state index in [2.05, 4.69) is 41.6 Å². The summed E-state index contributed by atoms with van der Waals surface area (Å²) in [7, 11) is 2.06. The predicted octanol–water partition coefficient (Wildman–Crippen LogP) is 0.769. The summed E-state index contributed by atoms with van der Waals surface area (Å²) in [5.41, 5.74) is 2.59. The topological polar surface area (TPSA) is 44.4 Å². The van der Waals surface area contributed by atoms with Gasteiger partial charge in [-0.05, 0) is 31.1 Å². The molecular weight excluding hydrogens is 238 g/mol. The summed E-state index contributed by atoms with van der Waals surface area (Å²) in [4.78, 5) is 14.3. The second-order valence-corrected chi connectivity index (χ2v) is 5.09. The van der Waals surface area contributed by atoms with Gasteiger partial charge < -0.3 is 15.5 Å². The summed E-state index contributed by atoms with van der Waals surface area (Å²) in [6.45, 7) is 5.50. The van der Waals surface area contributed by atoms with Crippen LogP contribution in [-0.4, -0.2) is 43.5 Å². The van der Waals surface area contributed by atoms with Gasteiger partial charge in [0.15, 0.2) is 0 Å². The van der Waals surface area contributed by atoms with Crippen LogP contribution in [0.4, 0.5) is 0 Å². The summed E-state index contributed by atoms with van der Waals surface area (Å²) in [6.07, 6.45) is 0.783. The number of carbonyl (C=O) groups excluding carboxylic acids is 1. The molecule has 2 rings (SSSR count). The Bertz CT molecular complexity index is 433. The highest BCUT2D eigenvalue weighted by Gasteiger charge is 2.23. The van der Waals surface area contributed by atoms with Crippen LogP contribution in [-0.2, 0) is 17.8 Å². The van der Waals surface area contributed by atoms with Crippen LogP contribution in [0, 0.1) is 0 Å². The van der Waals surface area contributed by atoms with Gasteiger partial charge in [-0.1, -0.05) is 31.2 Å². The Morgan fingerprint density at radius 3 is 2.89 bits per heavy atom. The quantitative estimate of drug-likeness (QED) is 0.823. The highest BCUT2D eigenvalue weighted by molar-refractivity contribution is 5.82. The molecule has 0 radical (unpaired) electrons. The Labute approximate surface area is 115 Å². The fourth-order valence-corrected chi connectivity index (χ4v) is 2.29. The van der Waals surface area contributed by atoms with Crippen molar-refractivity contribution in [3.05, 3.63) is 35.4 Å². The van der Waals surface area contributed by atoms with E-state index < -0.39 is 0 Å². The van der Waals surface area contributed by atoms with Crippen molar-refractivity contribution in [1.82, 2.24) is 15.5 Å². The third kappa shape index (κ3) is 3.78. The molecule has 1 amide bonds. The zero-order valence-corrected chi connectivity index (χ0v) is 11.8. The van der Waals surface area contributed by atoms with Gasteiger partial charge >= 0.3 is 0 Å². The average Bonchev–Trinajstić information content (AvgIpc) is 2.46. The summed E-state index contributed by atoms with van der Waals surface area (Å²) in [6, 6.07) is 8.21. The summed E-state index contributed by atoms with van der Waals surface area (Å²) in [5.74, 6) is 0.110. The molecule has 0 aliphatic carbocycles. The van der Waals surface area contributed by atoms with E-state index in [0.29, 0.717) is 6.54 Å². The van der Waals surface area contributed by atoms with Gasteiger partial charge in [0.25, 0.3) is 0 Å². The van der Waals surface area contributed by atoms with E-state index in [1.54, 1.807) is 0 Å². The molecule has 0 saturated carbocycles. The monoisotopic (exact) mass is 261 g/mol. The number of hydrogen-bond acceptors (Lipinski definition) is 3. The number of nitrogens with zero attached hydrogens (tertiary/aromatic N) is 1. The Morgan fingerprint density at radius 1 is 1.42 bits per heavy atom. The van der Waals surface area contributed by atoms with E-state index in [-0.39, 0.29) is 11.9 Å². The SMILES string of the molecule is CCN(C)CCNC(=O)C1Cc2ccccc2CN1. The lowest BCUT2D eigenvalue weighted by atomic mass is 9.95. The van der Waals surface area contributed by atoms with E-state index >= 15 is 0 Å². The van der Waals surface area contributed by atoms with Crippen LogP contribution in [0.25, 0.3) is 0 Å². The van der Waals surface area contributed by atoms with Crippen molar-refractivity contribution in [3.63, 3.8) is 0 Å². The minimum atomic E-state index is -0.0955. The standard InChI is InChI=1S/C15H23N3O/c1-3-18(2)9-8-16-15(19)14-10-12-6-4-5-7-13(12)11-17-14/h4-7,14,17H,3,8-11H2,1-2H3,(H,16,19). The lowest BCUT2D eigenvalue weighted by Crippen LogP contribution is -2.48. The second kappa shape index (κ2) is 6.68. The van der Waals surface area contributed by atoms with Crippen molar-refractivity contribution in [1.29, 1.82) is 0 Å². The number of nitrogens with one attached hydrogen (secondary N) is 2. The number of rotatable bonds is 5. The molecule has 0 saturated heterocycles. The van der Waals surface area contributed by atoms with Crippen molar-refractivity contribution >= 4 is 5.91 Å². The normalized spacial score (nSPS) is 18.2. The van der Waals surface area contributed by atoms with Crippen LogP contribution >= 0.6 is 0 Å². The molecule has 104 valence electrons. The largest absolute Gasteiger partial charge is 0.353 e. The first kappa shape index (κ1) is 14.0. The van der Waals surface area contributed by atoms with E-state index in [1.807, 2.05) is 12.1 Å². The molecule has 0 spiro atoms. The third-order valence-corrected chi connectivity index (χ3v) is 3.73. The molecule has 1 unspecified atom stereocenters. The maximum Gasteiger partial charge on any atom is 0.237 e. The first-order valence-electron chi connectivity index (χ1n) is 6.97. The molecular formula is C15H23N3O. The van der Waals surface area contributed by atoms with Crippen molar-refractivity contribution < 1.29 is 4.79 Å². The predicted molar refractivity (Wildman–Crippen MR) is 77.0 cm³/mol. The maximum atomic E-state index is 12.1. The lowest BCUT2D eigenvalue weighted by molar-refractivity contribution is -0.123. The molecule has 2 N–H and O–H groups in total. The van der Waals surface area contributed by atoms with Gasteiger partial charge in [-0.25, -0.2) is 0 Å². The molecule has 1 atom stereocenters. The Morgan fingerprint density at radius 2 is 2.16 bits per heavy atom. The summed E-state index contributed by atoms with van der Waals surface area (Å²) in [5, 5.41) is 6.31. The second-order valence-electron chi connectivity index (χ2n) is 5.09. The summed E-state index contributed by atoms with van der Waals surface area (Å²) < 4.78 is 0. The Balaban J connectivity index is 1.82. The van der Waals surface area contributed by atoms with Gasteiger partial charge in [-0.2, -0.15) is 0 Å². The first-order chi connectivity index (χ1) is 9.20. The van der Waals surface area contributed by atoms with Crippen molar-refractivity contribution in [2.45, 2.75) is 25.9 Å². The minimum Gasteiger partial charge on any atom is -0.353 e. The van der Waals surface area contributed by atoms with Crippen LogP contribution in [0.2, 0.25) is 0 Å². The first-order valence-corrected chi connectivity index (χ1v) is 6.97. The number of benzene rings is 1. The molecule has 4 heteroatoms. The maximum absolute atomic E-state index is 12.1. The third-order valence-electron chi connectivity index (χ3n) is 3.73. The number of fused-ring (bicyclic) bond motifs is 1. The fourth-order valence-electron chi connectivity index (χ4n) is 2.29. The molecule has 1 aliphatic rings.